The van der Waals surface area contributed by atoms with Gasteiger partial charge in [-0.1, -0.05) is 38.1 Å². The molecule has 1 aromatic rings. The molecule has 1 atom stereocenters. The molecule has 1 rings (SSSR count). The average Bonchev–Trinajstić information content (AvgIpc) is 2.26. The number of aliphatic hydroxyl groups excluding tert-OH is 1. The van der Waals surface area contributed by atoms with Gasteiger partial charge in [0.25, 0.3) is 0 Å². The van der Waals surface area contributed by atoms with Crippen LogP contribution in [0.25, 0.3) is 0 Å². The van der Waals surface area contributed by atoms with E-state index in [-0.39, 0.29) is 6.10 Å². The number of aliphatic hydroxyl groups is 1. The number of benzene rings is 1. The standard InChI is InChI=1S/C13H19ClO/c1-10(2)11-5-7-12(8-6-11)13(15)4-3-9-14/h5-8,10,13,15H,3-4,9H2,1-2H3. The fourth-order valence-electron chi connectivity index (χ4n) is 1.54. The van der Waals surface area contributed by atoms with Gasteiger partial charge in [0, 0.05) is 5.88 Å². The highest BCUT2D eigenvalue weighted by Crippen LogP contribution is 2.21. The molecule has 15 heavy (non-hydrogen) atoms. The van der Waals surface area contributed by atoms with Crippen molar-refractivity contribution in [3.8, 4) is 0 Å². The Morgan fingerprint density at radius 3 is 2.13 bits per heavy atom. The van der Waals surface area contributed by atoms with Crippen LogP contribution in [0.4, 0.5) is 0 Å². The SMILES string of the molecule is CC(C)c1ccc(C(O)CCCCl)cc1. The highest BCUT2D eigenvalue weighted by Gasteiger charge is 2.07. The van der Waals surface area contributed by atoms with Crippen LogP contribution in [-0.2, 0) is 0 Å². The largest absolute Gasteiger partial charge is 0.388 e. The highest BCUT2D eigenvalue weighted by atomic mass is 35.5. The van der Waals surface area contributed by atoms with Crippen LogP contribution < -0.4 is 0 Å². The summed E-state index contributed by atoms with van der Waals surface area (Å²) in [4.78, 5) is 0. The Balaban J connectivity index is 2.62. The number of halogens is 1. The molecule has 0 aliphatic carbocycles. The third-order valence-electron chi connectivity index (χ3n) is 2.60. The smallest absolute Gasteiger partial charge is 0.0790 e. The number of rotatable bonds is 5. The molecule has 2 heteroatoms. The lowest BCUT2D eigenvalue weighted by molar-refractivity contribution is 0.166. The lowest BCUT2D eigenvalue weighted by atomic mass is 9.99. The van der Waals surface area contributed by atoms with Crippen molar-refractivity contribution in [2.24, 2.45) is 0 Å². The minimum absolute atomic E-state index is 0.370. The molecule has 0 aromatic heterocycles. The van der Waals surface area contributed by atoms with Crippen LogP contribution in [0.3, 0.4) is 0 Å². The summed E-state index contributed by atoms with van der Waals surface area (Å²) in [6, 6.07) is 8.19. The van der Waals surface area contributed by atoms with Gasteiger partial charge in [-0.25, -0.2) is 0 Å². The second-order valence-corrected chi connectivity index (χ2v) is 4.55. The van der Waals surface area contributed by atoms with E-state index in [0.29, 0.717) is 11.8 Å². The normalized spacial score (nSPS) is 13.1. The summed E-state index contributed by atoms with van der Waals surface area (Å²) >= 11 is 5.59. The van der Waals surface area contributed by atoms with Gasteiger partial charge >= 0.3 is 0 Å². The van der Waals surface area contributed by atoms with Gasteiger partial charge in [-0.2, -0.15) is 0 Å². The van der Waals surface area contributed by atoms with Gasteiger partial charge in [-0.05, 0) is 29.9 Å². The maximum atomic E-state index is 9.82. The number of hydrogen-bond donors (Lipinski definition) is 1. The van der Waals surface area contributed by atoms with Crippen LogP contribution >= 0.6 is 11.6 Å². The van der Waals surface area contributed by atoms with Gasteiger partial charge in [0.1, 0.15) is 0 Å². The van der Waals surface area contributed by atoms with Crippen molar-refractivity contribution in [1.29, 1.82) is 0 Å². The summed E-state index contributed by atoms with van der Waals surface area (Å²) in [7, 11) is 0. The van der Waals surface area contributed by atoms with Crippen LogP contribution in [-0.4, -0.2) is 11.0 Å². The third kappa shape index (κ3) is 3.84. The van der Waals surface area contributed by atoms with E-state index in [0.717, 1.165) is 18.4 Å². The summed E-state index contributed by atoms with van der Waals surface area (Å²) in [6.45, 7) is 4.33. The van der Waals surface area contributed by atoms with Gasteiger partial charge in [0.2, 0.25) is 0 Å². The zero-order valence-electron chi connectivity index (χ0n) is 9.41. The number of alkyl halides is 1. The molecule has 0 saturated heterocycles. The van der Waals surface area contributed by atoms with E-state index in [1.54, 1.807) is 0 Å². The van der Waals surface area contributed by atoms with Crippen LogP contribution in [0.2, 0.25) is 0 Å². The molecule has 1 nitrogen and oxygen atoms in total. The monoisotopic (exact) mass is 226 g/mol. The lowest BCUT2D eigenvalue weighted by Crippen LogP contribution is -1.98. The molecule has 0 heterocycles. The van der Waals surface area contributed by atoms with Crippen molar-refractivity contribution in [2.75, 3.05) is 5.88 Å². The van der Waals surface area contributed by atoms with Crippen LogP contribution in [0.1, 0.15) is 49.8 Å². The van der Waals surface area contributed by atoms with Crippen molar-refractivity contribution in [2.45, 2.75) is 38.7 Å². The van der Waals surface area contributed by atoms with Crippen LogP contribution in [0.15, 0.2) is 24.3 Å². The van der Waals surface area contributed by atoms with Crippen molar-refractivity contribution >= 4 is 11.6 Å². The Morgan fingerprint density at radius 2 is 1.67 bits per heavy atom. The second kappa shape index (κ2) is 6.14. The molecule has 0 spiro atoms. The Hall–Kier alpha value is -0.530. The summed E-state index contributed by atoms with van der Waals surface area (Å²) in [6.07, 6.45) is 1.23. The Bertz CT molecular complexity index is 279. The van der Waals surface area contributed by atoms with Crippen molar-refractivity contribution < 1.29 is 5.11 Å². The van der Waals surface area contributed by atoms with Gasteiger partial charge in [0.05, 0.1) is 6.10 Å². The van der Waals surface area contributed by atoms with E-state index in [4.69, 9.17) is 11.6 Å². The van der Waals surface area contributed by atoms with Crippen molar-refractivity contribution in [1.82, 2.24) is 0 Å². The quantitative estimate of drug-likeness (QED) is 0.756. The fraction of sp³-hybridized carbons (Fsp3) is 0.538. The molecule has 1 unspecified atom stereocenters. The molecule has 1 aromatic carbocycles. The topological polar surface area (TPSA) is 20.2 Å². The molecule has 0 amide bonds. The summed E-state index contributed by atoms with van der Waals surface area (Å²) in [5.41, 5.74) is 2.30. The van der Waals surface area contributed by atoms with E-state index >= 15 is 0 Å². The summed E-state index contributed by atoms with van der Waals surface area (Å²) in [5.74, 6) is 1.15. The summed E-state index contributed by atoms with van der Waals surface area (Å²) < 4.78 is 0. The Morgan fingerprint density at radius 1 is 1.13 bits per heavy atom. The van der Waals surface area contributed by atoms with Gasteiger partial charge < -0.3 is 5.11 Å². The fourth-order valence-corrected chi connectivity index (χ4v) is 1.69. The molecule has 0 bridgehead atoms. The first-order valence-corrected chi connectivity index (χ1v) is 6.02. The minimum atomic E-state index is -0.370. The van der Waals surface area contributed by atoms with Gasteiger partial charge in [-0.15, -0.1) is 11.6 Å². The molecular formula is C13H19ClO. The molecule has 0 aliphatic rings. The van der Waals surface area contributed by atoms with Crippen LogP contribution in [0.5, 0.6) is 0 Å². The predicted octanol–water partition coefficient (Wildman–Crippen LogP) is 3.86. The molecule has 0 aliphatic heterocycles. The highest BCUT2D eigenvalue weighted by molar-refractivity contribution is 6.17. The molecular weight excluding hydrogens is 208 g/mol. The lowest BCUT2D eigenvalue weighted by Gasteiger charge is -2.11. The third-order valence-corrected chi connectivity index (χ3v) is 2.87. The maximum absolute atomic E-state index is 9.82. The Labute approximate surface area is 97.1 Å². The first-order chi connectivity index (χ1) is 7.15. The Kier molecular flexibility index (Phi) is 5.13. The molecule has 0 radical (unpaired) electrons. The maximum Gasteiger partial charge on any atom is 0.0790 e. The van der Waals surface area contributed by atoms with E-state index in [9.17, 15) is 5.11 Å². The zero-order valence-corrected chi connectivity index (χ0v) is 10.2. The van der Waals surface area contributed by atoms with Crippen molar-refractivity contribution in [3.05, 3.63) is 35.4 Å². The van der Waals surface area contributed by atoms with E-state index < -0.39 is 0 Å². The number of hydrogen-bond acceptors (Lipinski definition) is 1. The van der Waals surface area contributed by atoms with E-state index in [2.05, 4.69) is 26.0 Å². The first kappa shape index (κ1) is 12.5. The van der Waals surface area contributed by atoms with E-state index in [1.807, 2.05) is 12.1 Å². The van der Waals surface area contributed by atoms with Crippen LogP contribution in [0, 0.1) is 0 Å². The minimum Gasteiger partial charge on any atom is -0.388 e. The average molecular weight is 227 g/mol. The van der Waals surface area contributed by atoms with E-state index in [1.165, 1.54) is 5.56 Å². The summed E-state index contributed by atoms with van der Waals surface area (Å²) in [5, 5.41) is 9.82. The molecule has 84 valence electrons. The van der Waals surface area contributed by atoms with Gasteiger partial charge in [-0.3, -0.25) is 0 Å². The zero-order chi connectivity index (χ0) is 11.3. The van der Waals surface area contributed by atoms with Gasteiger partial charge in [0.15, 0.2) is 0 Å². The second-order valence-electron chi connectivity index (χ2n) is 4.17. The molecule has 0 saturated carbocycles. The van der Waals surface area contributed by atoms with Crippen molar-refractivity contribution in [3.63, 3.8) is 0 Å². The molecule has 0 fully saturated rings. The molecule has 1 N–H and O–H groups in total. The first-order valence-electron chi connectivity index (χ1n) is 5.49. The predicted molar refractivity (Wildman–Crippen MR) is 65.4 cm³/mol.